The van der Waals surface area contributed by atoms with Crippen LogP contribution in [0.1, 0.15) is 19.4 Å². The first-order chi connectivity index (χ1) is 8.58. The molecule has 1 atom stereocenters. The van der Waals surface area contributed by atoms with E-state index in [0.29, 0.717) is 18.5 Å². The summed E-state index contributed by atoms with van der Waals surface area (Å²) in [6, 6.07) is 8.41. The second-order valence-corrected chi connectivity index (χ2v) is 6.74. The van der Waals surface area contributed by atoms with Crippen LogP contribution < -0.4 is 5.73 Å². The first-order valence-corrected chi connectivity index (χ1v) is 7.19. The van der Waals surface area contributed by atoms with Crippen LogP contribution in [0.15, 0.2) is 29.2 Å². The first-order valence-electron chi connectivity index (χ1n) is 6.31. The van der Waals surface area contributed by atoms with Crippen molar-refractivity contribution in [2.45, 2.75) is 35.5 Å². The van der Waals surface area contributed by atoms with Gasteiger partial charge in [-0.25, -0.2) is 0 Å². The Morgan fingerprint density at radius 3 is 2.33 bits per heavy atom. The molecular formula is C14H21NO2S. The topological polar surface area (TPSA) is 55.5 Å². The van der Waals surface area contributed by atoms with Gasteiger partial charge in [0, 0.05) is 16.7 Å². The van der Waals surface area contributed by atoms with Crippen LogP contribution in [-0.4, -0.2) is 36.2 Å². The van der Waals surface area contributed by atoms with E-state index in [1.54, 1.807) is 0 Å². The van der Waals surface area contributed by atoms with Crippen LogP contribution in [0.25, 0.3) is 0 Å². The zero-order valence-corrected chi connectivity index (χ0v) is 11.7. The Labute approximate surface area is 113 Å². The van der Waals surface area contributed by atoms with E-state index in [2.05, 4.69) is 38.1 Å². The van der Waals surface area contributed by atoms with E-state index in [-0.39, 0.29) is 12.0 Å². The van der Waals surface area contributed by atoms with Crippen molar-refractivity contribution >= 4 is 11.8 Å². The van der Waals surface area contributed by atoms with Gasteiger partial charge in [0.15, 0.2) is 0 Å². The van der Waals surface area contributed by atoms with Crippen LogP contribution in [0.2, 0.25) is 0 Å². The summed E-state index contributed by atoms with van der Waals surface area (Å²) in [6.07, 6.45) is -0.533. The zero-order chi connectivity index (χ0) is 13.2. The van der Waals surface area contributed by atoms with Crippen LogP contribution in [0.5, 0.6) is 0 Å². The number of rotatable bonds is 5. The Hall–Kier alpha value is -0.550. The third-order valence-corrected chi connectivity index (χ3v) is 4.40. The standard InChI is InChI=1S/C14H21NO2S/c1-10(2)18-12-5-3-11(4-6-12)14(8-17-9-14)13(16)7-15/h3-6,10,13,16H,7-9,15H2,1-2H3. The van der Waals surface area contributed by atoms with Crippen molar-refractivity contribution in [2.24, 2.45) is 5.73 Å². The predicted octanol–water partition coefficient (Wildman–Crippen LogP) is 1.77. The maximum atomic E-state index is 10.1. The molecule has 2 rings (SSSR count). The fourth-order valence-corrected chi connectivity index (χ4v) is 3.07. The van der Waals surface area contributed by atoms with E-state index in [1.807, 2.05) is 11.8 Å². The van der Waals surface area contributed by atoms with Gasteiger partial charge in [0.1, 0.15) is 0 Å². The van der Waals surface area contributed by atoms with Gasteiger partial charge in [0.25, 0.3) is 0 Å². The van der Waals surface area contributed by atoms with E-state index in [1.165, 1.54) is 4.90 Å². The first kappa shape index (κ1) is 13.9. The van der Waals surface area contributed by atoms with Gasteiger partial charge in [-0.3, -0.25) is 0 Å². The third kappa shape index (κ3) is 2.57. The zero-order valence-electron chi connectivity index (χ0n) is 10.9. The minimum absolute atomic E-state index is 0.270. The summed E-state index contributed by atoms with van der Waals surface area (Å²) in [5, 5.41) is 10.7. The van der Waals surface area contributed by atoms with Gasteiger partial charge in [-0.05, 0) is 17.7 Å². The van der Waals surface area contributed by atoms with Gasteiger partial charge >= 0.3 is 0 Å². The molecule has 4 heteroatoms. The second kappa shape index (κ2) is 5.61. The van der Waals surface area contributed by atoms with Crippen LogP contribution >= 0.6 is 11.8 Å². The lowest BCUT2D eigenvalue weighted by Crippen LogP contribution is -2.57. The highest BCUT2D eigenvalue weighted by molar-refractivity contribution is 7.99. The number of hydrogen-bond acceptors (Lipinski definition) is 4. The Bertz CT molecular complexity index is 387. The summed E-state index contributed by atoms with van der Waals surface area (Å²) in [6.45, 7) is 5.74. The lowest BCUT2D eigenvalue weighted by molar-refractivity contribution is -0.116. The van der Waals surface area contributed by atoms with Crippen LogP contribution in [0.4, 0.5) is 0 Å². The van der Waals surface area contributed by atoms with Gasteiger partial charge in [-0.15, -0.1) is 11.8 Å². The minimum Gasteiger partial charge on any atom is -0.391 e. The summed E-state index contributed by atoms with van der Waals surface area (Å²) in [4.78, 5) is 1.26. The van der Waals surface area contributed by atoms with Gasteiger partial charge in [0.05, 0.1) is 24.7 Å². The SMILES string of the molecule is CC(C)Sc1ccc(C2(C(O)CN)COC2)cc1. The lowest BCUT2D eigenvalue weighted by atomic mass is 9.74. The molecule has 1 aliphatic heterocycles. The summed E-state index contributed by atoms with van der Waals surface area (Å²) >= 11 is 1.84. The normalized spacial score (nSPS) is 19.6. The molecule has 100 valence electrons. The van der Waals surface area contributed by atoms with Gasteiger partial charge in [0.2, 0.25) is 0 Å². The molecule has 1 aromatic rings. The smallest absolute Gasteiger partial charge is 0.0803 e. The number of aliphatic hydroxyl groups excluding tert-OH is 1. The van der Waals surface area contributed by atoms with Crippen LogP contribution in [0, 0.1) is 0 Å². The Balaban J connectivity index is 2.17. The van der Waals surface area contributed by atoms with Gasteiger partial charge in [-0.2, -0.15) is 0 Å². The number of ether oxygens (including phenoxy) is 1. The Kier molecular flexibility index (Phi) is 4.33. The molecule has 1 unspecified atom stereocenters. The maximum Gasteiger partial charge on any atom is 0.0803 e. The van der Waals surface area contributed by atoms with Crippen molar-refractivity contribution < 1.29 is 9.84 Å². The van der Waals surface area contributed by atoms with Crippen LogP contribution in [-0.2, 0) is 10.2 Å². The highest BCUT2D eigenvalue weighted by Crippen LogP contribution is 2.36. The molecular weight excluding hydrogens is 246 g/mol. The van der Waals surface area contributed by atoms with Crippen molar-refractivity contribution in [3.05, 3.63) is 29.8 Å². The van der Waals surface area contributed by atoms with Crippen molar-refractivity contribution in [1.29, 1.82) is 0 Å². The van der Waals surface area contributed by atoms with E-state index >= 15 is 0 Å². The predicted molar refractivity (Wildman–Crippen MR) is 75.0 cm³/mol. The number of hydrogen-bond donors (Lipinski definition) is 2. The molecule has 1 fully saturated rings. The quantitative estimate of drug-likeness (QED) is 0.798. The second-order valence-electron chi connectivity index (χ2n) is 5.09. The molecule has 0 amide bonds. The summed E-state index contributed by atoms with van der Waals surface area (Å²) in [7, 11) is 0. The van der Waals surface area contributed by atoms with E-state index in [4.69, 9.17) is 10.5 Å². The number of aliphatic hydroxyl groups is 1. The van der Waals surface area contributed by atoms with E-state index < -0.39 is 6.10 Å². The molecule has 0 spiro atoms. The largest absolute Gasteiger partial charge is 0.391 e. The Morgan fingerprint density at radius 1 is 1.33 bits per heavy atom. The molecule has 0 saturated carbocycles. The van der Waals surface area contributed by atoms with Gasteiger partial charge in [-0.1, -0.05) is 26.0 Å². The molecule has 18 heavy (non-hydrogen) atoms. The number of nitrogens with two attached hydrogens (primary N) is 1. The number of thioether (sulfide) groups is 1. The molecule has 1 aromatic carbocycles. The number of benzene rings is 1. The fourth-order valence-electron chi connectivity index (χ4n) is 2.24. The molecule has 0 bridgehead atoms. The molecule has 3 nitrogen and oxygen atoms in total. The van der Waals surface area contributed by atoms with E-state index in [9.17, 15) is 5.11 Å². The molecule has 1 saturated heterocycles. The molecule has 0 radical (unpaired) electrons. The highest BCUT2D eigenvalue weighted by Gasteiger charge is 2.46. The fraction of sp³-hybridized carbons (Fsp3) is 0.571. The molecule has 0 aromatic heterocycles. The van der Waals surface area contributed by atoms with E-state index in [0.717, 1.165) is 5.56 Å². The van der Waals surface area contributed by atoms with Crippen molar-refractivity contribution in [3.8, 4) is 0 Å². The maximum absolute atomic E-state index is 10.1. The Morgan fingerprint density at radius 2 is 1.94 bits per heavy atom. The lowest BCUT2D eigenvalue weighted by Gasteiger charge is -2.45. The van der Waals surface area contributed by atoms with Crippen LogP contribution in [0.3, 0.4) is 0 Å². The van der Waals surface area contributed by atoms with Gasteiger partial charge < -0.3 is 15.6 Å². The summed E-state index contributed by atoms with van der Waals surface area (Å²) < 4.78 is 5.29. The highest BCUT2D eigenvalue weighted by atomic mass is 32.2. The summed E-state index contributed by atoms with van der Waals surface area (Å²) in [5.74, 6) is 0. The average Bonchev–Trinajstić information content (AvgIpc) is 2.29. The molecule has 1 heterocycles. The minimum atomic E-state index is -0.533. The van der Waals surface area contributed by atoms with Crippen molar-refractivity contribution in [3.63, 3.8) is 0 Å². The monoisotopic (exact) mass is 267 g/mol. The summed E-state index contributed by atoms with van der Waals surface area (Å²) in [5.41, 5.74) is 6.42. The molecule has 3 N–H and O–H groups in total. The molecule has 0 aliphatic carbocycles. The third-order valence-electron chi connectivity index (χ3n) is 3.38. The van der Waals surface area contributed by atoms with Crippen molar-refractivity contribution in [1.82, 2.24) is 0 Å². The molecule has 1 aliphatic rings. The average molecular weight is 267 g/mol. The van der Waals surface area contributed by atoms with Crippen molar-refractivity contribution in [2.75, 3.05) is 19.8 Å².